The van der Waals surface area contributed by atoms with Crippen molar-refractivity contribution >= 4 is 0 Å². The SMILES string of the molecule is CCNCCC1(Oc2cnn(C(C)C)c2)CCC1. The fourth-order valence-corrected chi connectivity index (χ4v) is 2.37. The molecule has 1 heterocycles. The fraction of sp³-hybridized carbons (Fsp3) is 0.786. The highest BCUT2D eigenvalue weighted by Crippen LogP contribution is 2.39. The molecule has 4 nitrogen and oxygen atoms in total. The van der Waals surface area contributed by atoms with Gasteiger partial charge in [0.25, 0.3) is 0 Å². The van der Waals surface area contributed by atoms with Crippen molar-refractivity contribution in [3.63, 3.8) is 0 Å². The Bertz CT molecular complexity index is 369. The van der Waals surface area contributed by atoms with Gasteiger partial charge in [0, 0.05) is 6.04 Å². The normalized spacial score (nSPS) is 17.8. The Kier molecular flexibility index (Phi) is 4.27. The molecule has 1 N–H and O–H groups in total. The molecular weight excluding hydrogens is 226 g/mol. The first-order valence-electron chi connectivity index (χ1n) is 7.09. The highest BCUT2D eigenvalue weighted by atomic mass is 16.5. The van der Waals surface area contributed by atoms with Crippen LogP contribution in [0.4, 0.5) is 0 Å². The first-order chi connectivity index (χ1) is 8.65. The van der Waals surface area contributed by atoms with Crippen molar-refractivity contribution in [2.75, 3.05) is 13.1 Å². The summed E-state index contributed by atoms with van der Waals surface area (Å²) in [7, 11) is 0. The van der Waals surface area contributed by atoms with Crippen LogP contribution < -0.4 is 10.1 Å². The zero-order chi connectivity index (χ0) is 13.0. The van der Waals surface area contributed by atoms with Crippen LogP contribution in [0.2, 0.25) is 0 Å². The second-order valence-electron chi connectivity index (χ2n) is 5.49. The summed E-state index contributed by atoms with van der Waals surface area (Å²) in [5.74, 6) is 0.917. The van der Waals surface area contributed by atoms with Crippen LogP contribution in [0.25, 0.3) is 0 Å². The predicted molar refractivity (Wildman–Crippen MR) is 73.0 cm³/mol. The van der Waals surface area contributed by atoms with Crippen LogP contribution in [0, 0.1) is 0 Å². The third kappa shape index (κ3) is 3.05. The topological polar surface area (TPSA) is 39.1 Å². The van der Waals surface area contributed by atoms with Crippen molar-refractivity contribution in [3.8, 4) is 5.75 Å². The zero-order valence-corrected chi connectivity index (χ0v) is 11.8. The average molecular weight is 251 g/mol. The van der Waals surface area contributed by atoms with Gasteiger partial charge in [-0.05, 0) is 52.6 Å². The molecule has 1 aromatic rings. The van der Waals surface area contributed by atoms with Crippen LogP contribution in [-0.4, -0.2) is 28.5 Å². The summed E-state index contributed by atoms with van der Waals surface area (Å²) in [5.41, 5.74) is 0.0625. The number of hydrogen-bond acceptors (Lipinski definition) is 3. The molecular formula is C14H25N3O. The first kappa shape index (κ1) is 13.4. The van der Waals surface area contributed by atoms with E-state index in [4.69, 9.17) is 4.74 Å². The number of aromatic nitrogens is 2. The molecule has 0 spiro atoms. The molecule has 0 saturated heterocycles. The number of nitrogens with one attached hydrogen (secondary N) is 1. The van der Waals surface area contributed by atoms with Gasteiger partial charge < -0.3 is 10.1 Å². The van der Waals surface area contributed by atoms with Crippen molar-refractivity contribution in [2.24, 2.45) is 0 Å². The minimum absolute atomic E-state index is 0.0625. The van der Waals surface area contributed by atoms with Gasteiger partial charge in [-0.3, -0.25) is 4.68 Å². The molecule has 0 radical (unpaired) electrons. The van der Waals surface area contributed by atoms with Gasteiger partial charge in [-0.25, -0.2) is 0 Å². The Hall–Kier alpha value is -1.03. The smallest absolute Gasteiger partial charge is 0.158 e. The molecule has 18 heavy (non-hydrogen) atoms. The average Bonchev–Trinajstić information content (AvgIpc) is 2.74. The lowest BCUT2D eigenvalue weighted by atomic mass is 9.77. The molecule has 0 aromatic carbocycles. The van der Waals surface area contributed by atoms with Gasteiger partial charge in [-0.1, -0.05) is 6.92 Å². The van der Waals surface area contributed by atoms with E-state index in [0.717, 1.165) is 25.3 Å². The monoisotopic (exact) mass is 251 g/mol. The first-order valence-corrected chi connectivity index (χ1v) is 7.09. The van der Waals surface area contributed by atoms with Gasteiger partial charge in [0.1, 0.15) is 5.60 Å². The molecule has 0 atom stereocenters. The van der Waals surface area contributed by atoms with E-state index in [1.165, 1.54) is 19.3 Å². The molecule has 1 aliphatic carbocycles. The summed E-state index contributed by atoms with van der Waals surface area (Å²) in [6.07, 6.45) is 8.57. The van der Waals surface area contributed by atoms with Crippen molar-refractivity contribution in [1.29, 1.82) is 0 Å². The van der Waals surface area contributed by atoms with Gasteiger partial charge in [-0.2, -0.15) is 5.10 Å². The van der Waals surface area contributed by atoms with Crippen LogP contribution in [0.15, 0.2) is 12.4 Å². The van der Waals surface area contributed by atoms with E-state index < -0.39 is 0 Å². The Morgan fingerprint density at radius 1 is 1.50 bits per heavy atom. The summed E-state index contributed by atoms with van der Waals surface area (Å²) < 4.78 is 8.14. The lowest BCUT2D eigenvalue weighted by Gasteiger charge is -2.41. The Labute approximate surface area is 110 Å². The number of rotatable bonds is 7. The van der Waals surface area contributed by atoms with Gasteiger partial charge in [0.15, 0.2) is 5.75 Å². The molecule has 1 fully saturated rings. The van der Waals surface area contributed by atoms with Crippen LogP contribution >= 0.6 is 0 Å². The van der Waals surface area contributed by atoms with Crippen molar-refractivity contribution < 1.29 is 4.74 Å². The molecule has 0 amide bonds. The summed E-state index contributed by atoms with van der Waals surface area (Å²) in [5, 5.41) is 7.71. The zero-order valence-electron chi connectivity index (χ0n) is 11.8. The van der Waals surface area contributed by atoms with Crippen LogP contribution in [-0.2, 0) is 0 Å². The summed E-state index contributed by atoms with van der Waals surface area (Å²) in [6, 6.07) is 0.390. The maximum absolute atomic E-state index is 6.19. The number of ether oxygens (including phenoxy) is 1. The van der Waals surface area contributed by atoms with Crippen molar-refractivity contribution in [2.45, 2.75) is 58.1 Å². The molecule has 2 rings (SSSR count). The van der Waals surface area contributed by atoms with Gasteiger partial charge in [-0.15, -0.1) is 0 Å². The second kappa shape index (κ2) is 5.74. The van der Waals surface area contributed by atoms with E-state index in [1.807, 2.05) is 17.1 Å². The molecule has 4 heteroatoms. The minimum atomic E-state index is 0.0625. The number of hydrogen-bond donors (Lipinski definition) is 1. The van der Waals surface area contributed by atoms with Crippen LogP contribution in [0.5, 0.6) is 5.75 Å². The van der Waals surface area contributed by atoms with Gasteiger partial charge >= 0.3 is 0 Å². The van der Waals surface area contributed by atoms with E-state index in [2.05, 4.69) is 31.2 Å². The van der Waals surface area contributed by atoms with Crippen LogP contribution in [0.1, 0.15) is 52.5 Å². The number of nitrogens with zero attached hydrogens (tertiary/aromatic N) is 2. The highest BCUT2D eigenvalue weighted by molar-refractivity contribution is 5.15. The molecule has 1 aromatic heterocycles. The van der Waals surface area contributed by atoms with Crippen molar-refractivity contribution in [3.05, 3.63) is 12.4 Å². The Morgan fingerprint density at radius 2 is 2.28 bits per heavy atom. The lowest BCUT2D eigenvalue weighted by molar-refractivity contribution is -0.0142. The van der Waals surface area contributed by atoms with E-state index in [-0.39, 0.29) is 5.60 Å². The molecule has 0 aliphatic heterocycles. The molecule has 1 aliphatic rings. The molecule has 0 unspecified atom stereocenters. The van der Waals surface area contributed by atoms with E-state index in [9.17, 15) is 0 Å². The fourth-order valence-electron chi connectivity index (χ4n) is 2.37. The standard InChI is InChI=1S/C14H25N3O/c1-4-15-9-8-14(6-5-7-14)18-13-10-16-17(11-13)12(2)3/h10-12,15H,4-9H2,1-3H3. The third-order valence-corrected chi connectivity index (χ3v) is 3.71. The van der Waals surface area contributed by atoms with Gasteiger partial charge in [0.05, 0.1) is 12.4 Å². The third-order valence-electron chi connectivity index (χ3n) is 3.71. The largest absolute Gasteiger partial charge is 0.484 e. The molecule has 1 saturated carbocycles. The van der Waals surface area contributed by atoms with E-state index in [0.29, 0.717) is 6.04 Å². The van der Waals surface area contributed by atoms with Crippen LogP contribution in [0.3, 0.4) is 0 Å². The highest BCUT2D eigenvalue weighted by Gasteiger charge is 2.39. The quantitative estimate of drug-likeness (QED) is 0.757. The van der Waals surface area contributed by atoms with E-state index in [1.54, 1.807) is 0 Å². The van der Waals surface area contributed by atoms with Crippen molar-refractivity contribution in [1.82, 2.24) is 15.1 Å². The predicted octanol–water partition coefficient (Wildman–Crippen LogP) is 2.77. The molecule has 102 valence electrons. The van der Waals surface area contributed by atoms with Gasteiger partial charge in [0.2, 0.25) is 0 Å². The maximum Gasteiger partial charge on any atom is 0.158 e. The Balaban J connectivity index is 1.92. The van der Waals surface area contributed by atoms with E-state index >= 15 is 0 Å². The molecule has 0 bridgehead atoms. The minimum Gasteiger partial charge on any atom is -0.484 e. The Morgan fingerprint density at radius 3 is 2.78 bits per heavy atom. The second-order valence-corrected chi connectivity index (χ2v) is 5.49. The summed E-state index contributed by atoms with van der Waals surface area (Å²) in [6.45, 7) is 8.46. The summed E-state index contributed by atoms with van der Waals surface area (Å²) in [4.78, 5) is 0. The lowest BCUT2D eigenvalue weighted by Crippen LogP contribution is -2.45. The summed E-state index contributed by atoms with van der Waals surface area (Å²) >= 11 is 0. The maximum atomic E-state index is 6.19.